The Bertz CT molecular complexity index is 899. The Morgan fingerprint density at radius 1 is 1.14 bits per heavy atom. The minimum atomic E-state index is -0.277. The third-order valence-electron chi connectivity index (χ3n) is 4.37. The fourth-order valence-corrected chi connectivity index (χ4v) is 2.96. The molecule has 0 aliphatic carbocycles. The molecule has 1 atom stereocenters. The van der Waals surface area contributed by atoms with E-state index in [2.05, 4.69) is 10.3 Å². The van der Waals surface area contributed by atoms with Crippen molar-refractivity contribution in [2.24, 2.45) is 11.5 Å². The lowest BCUT2D eigenvalue weighted by Gasteiger charge is -2.11. The summed E-state index contributed by atoms with van der Waals surface area (Å²) in [6.07, 6.45) is 1.61. The minimum Gasteiger partial charge on any atom is -0.351 e. The molecule has 0 radical (unpaired) electrons. The van der Waals surface area contributed by atoms with Gasteiger partial charge in [0.05, 0.1) is 0 Å². The maximum absolute atomic E-state index is 13.2. The number of fused-ring (bicyclic) bond motifs is 1. The molecule has 0 saturated carbocycles. The number of carbonyl (C=O) groups is 1. The first kappa shape index (κ1) is 23.9. The summed E-state index contributed by atoms with van der Waals surface area (Å²) in [5.41, 5.74) is 14.6. The third kappa shape index (κ3) is 5.69. The van der Waals surface area contributed by atoms with Crippen LogP contribution in [0, 0.1) is 5.82 Å². The topological polar surface area (TPSA) is 96.9 Å². The van der Waals surface area contributed by atoms with Crippen LogP contribution in [0.3, 0.4) is 0 Å². The van der Waals surface area contributed by atoms with Crippen molar-refractivity contribution in [2.45, 2.75) is 18.9 Å². The van der Waals surface area contributed by atoms with E-state index in [1.54, 1.807) is 12.1 Å². The van der Waals surface area contributed by atoms with Gasteiger partial charge in [-0.1, -0.05) is 24.3 Å². The Morgan fingerprint density at radius 2 is 1.86 bits per heavy atom. The number of nitrogens with two attached hydrogens (primary N) is 2. The van der Waals surface area contributed by atoms with Crippen molar-refractivity contribution >= 4 is 41.6 Å². The van der Waals surface area contributed by atoms with E-state index >= 15 is 0 Å². The van der Waals surface area contributed by atoms with Crippen LogP contribution in [0.5, 0.6) is 0 Å². The molecule has 5 nitrogen and oxygen atoms in total. The summed E-state index contributed by atoms with van der Waals surface area (Å²) in [7, 11) is 0. The first-order valence-electron chi connectivity index (χ1n) is 8.70. The second-order valence-electron chi connectivity index (χ2n) is 6.36. The molecule has 8 heteroatoms. The highest BCUT2D eigenvalue weighted by molar-refractivity contribution is 6.02. The van der Waals surface area contributed by atoms with Crippen LogP contribution >= 0.6 is 24.8 Å². The molecular weight excluding hydrogens is 402 g/mol. The van der Waals surface area contributed by atoms with Crippen LogP contribution in [0.1, 0.15) is 23.3 Å². The second-order valence-corrected chi connectivity index (χ2v) is 6.36. The van der Waals surface area contributed by atoms with Crippen molar-refractivity contribution < 1.29 is 9.18 Å². The van der Waals surface area contributed by atoms with Gasteiger partial charge in [-0.2, -0.15) is 0 Å². The average molecular weight is 427 g/mol. The molecule has 0 spiro atoms. The third-order valence-corrected chi connectivity index (χ3v) is 4.37. The van der Waals surface area contributed by atoms with Gasteiger partial charge in [0.15, 0.2) is 0 Å². The van der Waals surface area contributed by atoms with E-state index < -0.39 is 0 Å². The summed E-state index contributed by atoms with van der Waals surface area (Å²) in [4.78, 5) is 15.5. The van der Waals surface area contributed by atoms with Crippen LogP contribution in [0.2, 0.25) is 0 Å². The fourth-order valence-electron chi connectivity index (χ4n) is 2.96. The van der Waals surface area contributed by atoms with Gasteiger partial charge in [0.25, 0.3) is 5.91 Å². The SMILES string of the molecule is Cl.Cl.NCCC[C@H](N)CNC(=O)c1cc2c(-c3ccc(F)cc3)cccc2[nH]1. The number of hydrogen-bond acceptors (Lipinski definition) is 3. The molecule has 0 bridgehead atoms. The molecule has 0 unspecified atom stereocenters. The van der Waals surface area contributed by atoms with Gasteiger partial charge in [-0.25, -0.2) is 4.39 Å². The van der Waals surface area contributed by atoms with Gasteiger partial charge in [-0.15, -0.1) is 24.8 Å². The highest BCUT2D eigenvalue weighted by Crippen LogP contribution is 2.29. The normalized spacial score (nSPS) is 11.4. The van der Waals surface area contributed by atoms with Gasteiger partial charge >= 0.3 is 0 Å². The maximum Gasteiger partial charge on any atom is 0.267 e. The van der Waals surface area contributed by atoms with Crippen molar-refractivity contribution in [3.05, 3.63) is 60.0 Å². The lowest BCUT2D eigenvalue weighted by Crippen LogP contribution is -2.37. The molecule has 1 heterocycles. The van der Waals surface area contributed by atoms with Gasteiger partial charge in [-0.3, -0.25) is 4.79 Å². The number of nitrogens with one attached hydrogen (secondary N) is 2. The molecule has 0 saturated heterocycles. The zero-order valence-electron chi connectivity index (χ0n) is 15.3. The number of aromatic amines is 1. The van der Waals surface area contributed by atoms with Crippen molar-refractivity contribution in [1.82, 2.24) is 10.3 Å². The van der Waals surface area contributed by atoms with Gasteiger partial charge in [0.1, 0.15) is 11.5 Å². The first-order valence-corrected chi connectivity index (χ1v) is 8.70. The Labute approximate surface area is 175 Å². The van der Waals surface area contributed by atoms with Crippen molar-refractivity contribution in [1.29, 1.82) is 0 Å². The Morgan fingerprint density at radius 3 is 2.54 bits per heavy atom. The van der Waals surface area contributed by atoms with E-state index in [0.29, 0.717) is 18.8 Å². The predicted octanol–water partition coefficient (Wildman–Crippen LogP) is 3.61. The summed E-state index contributed by atoms with van der Waals surface area (Å²) in [5.74, 6) is -0.476. The van der Waals surface area contributed by atoms with Crippen molar-refractivity contribution in [3.63, 3.8) is 0 Å². The standard InChI is InChI=1S/C20H23FN4O.2ClH/c21-14-8-6-13(7-9-14)16-4-1-5-18-17(16)11-19(25-18)20(26)24-12-15(23)3-2-10-22;;/h1,4-9,11,15,25H,2-3,10,12,22-23H2,(H,24,26);2*1H/t15-;;/m0../s1. The molecule has 6 N–H and O–H groups in total. The molecular formula is C20H25Cl2FN4O. The number of aromatic nitrogens is 1. The molecule has 0 aliphatic rings. The van der Waals surface area contributed by atoms with Gasteiger partial charge < -0.3 is 21.8 Å². The second kappa shape index (κ2) is 11.0. The highest BCUT2D eigenvalue weighted by atomic mass is 35.5. The number of halogens is 3. The summed E-state index contributed by atoms with van der Waals surface area (Å²) in [6.45, 7) is 0.995. The van der Waals surface area contributed by atoms with Crippen LogP contribution in [0.4, 0.5) is 4.39 Å². The van der Waals surface area contributed by atoms with Crippen molar-refractivity contribution in [3.8, 4) is 11.1 Å². The van der Waals surface area contributed by atoms with Crippen LogP contribution in [0.25, 0.3) is 22.0 Å². The van der Waals surface area contributed by atoms with Crippen LogP contribution in [0.15, 0.2) is 48.5 Å². The Kier molecular flexibility index (Phi) is 9.41. The molecule has 0 aliphatic heterocycles. The van der Waals surface area contributed by atoms with Crippen LogP contribution < -0.4 is 16.8 Å². The van der Waals surface area contributed by atoms with E-state index in [-0.39, 0.29) is 42.6 Å². The predicted molar refractivity (Wildman–Crippen MR) is 117 cm³/mol. The fraction of sp³-hybridized carbons (Fsp3) is 0.250. The largest absolute Gasteiger partial charge is 0.351 e. The zero-order valence-corrected chi connectivity index (χ0v) is 16.9. The number of rotatable bonds is 7. The number of benzene rings is 2. The minimum absolute atomic E-state index is 0. The van der Waals surface area contributed by atoms with Gasteiger partial charge in [0, 0.05) is 23.5 Å². The van der Waals surface area contributed by atoms with Crippen LogP contribution in [-0.4, -0.2) is 30.0 Å². The summed E-state index contributed by atoms with van der Waals surface area (Å²) < 4.78 is 13.2. The monoisotopic (exact) mass is 426 g/mol. The highest BCUT2D eigenvalue weighted by Gasteiger charge is 2.13. The average Bonchev–Trinajstić information content (AvgIpc) is 3.09. The molecule has 2 aromatic carbocycles. The van der Waals surface area contributed by atoms with Gasteiger partial charge in [-0.05, 0) is 54.8 Å². The molecule has 1 aromatic heterocycles. The summed E-state index contributed by atoms with van der Waals surface area (Å²) >= 11 is 0. The van der Waals surface area contributed by atoms with Crippen LogP contribution in [-0.2, 0) is 0 Å². The summed E-state index contributed by atoms with van der Waals surface area (Å²) in [6, 6.07) is 13.8. The van der Waals surface area contributed by atoms with E-state index in [0.717, 1.165) is 34.9 Å². The molecule has 152 valence electrons. The maximum atomic E-state index is 13.2. The number of carbonyl (C=O) groups excluding carboxylic acids is 1. The number of amides is 1. The Hall–Kier alpha value is -2.12. The lowest BCUT2D eigenvalue weighted by molar-refractivity contribution is 0.0946. The van der Waals surface area contributed by atoms with E-state index in [1.165, 1.54) is 12.1 Å². The van der Waals surface area contributed by atoms with E-state index in [4.69, 9.17) is 11.5 Å². The number of H-pyrrole nitrogens is 1. The molecule has 1 amide bonds. The zero-order chi connectivity index (χ0) is 18.5. The molecule has 28 heavy (non-hydrogen) atoms. The molecule has 3 rings (SSSR count). The van der Waals surface area contributed by atoms with Crippen molar-refractivity contribution in [2.75, 3.05) is 13.1 Å². The quantitative estimate of drug-likeness (QED) is 0.464. The van der Waals surface area contributed by atoms with Gasteiger partial charge in [0.2, 0.25) is 0 Å². The summed E-state index contributed by atoms with van der Waals surface area (Å²) in [5, 5.41) is 3.76. The van der Waals surface area contributed by atoms with E-state index in [1.807, 2.05) is 24.3 Å². The first-order chi connectivity index (χ1) is 12.6. The number of hydrogen-bond donors (Lipinski definition) is 4. The molecule has 3 aromatic rings. The molecule has 0 fully saturated rings. The Balaban J connectivity index is 0.00000196. The van der Waals surface area contributed by atoms with E-state index in [9.17, 15) is 9.18 Å². The lowest BCUT2D eigenvalue weighted by atomic mass is 10.0. The smallest absolute Gasteiger partial charge is 0.267 e.